The van der Waals surface area contributed by atoms with Crippen LogP contribution in [0.3, 0.4) is 0 Å². The van der Waals surface area contributed by atoms with Crippen molar-refractivity contribution >= 4 is 17.4 Å². The molecule has 18 heavy (non-hydrogen) atoms. The number of hydrogen-bond donors (Lipinski definition) is 1. The molecule has 0 aliphatic rings. The molecule has 0 spiro atoms. The number of nitrogens with zero attached hydrogens (tertiary/aromatic N) is 2. The fourth-order valence-electron chi connectivity index (χ4n) is 1.90. The minimum atomic E-state index is 0.450. The van der Waals surface area contributed by atoms with E-state index in [2.05, 4.69) is 49.0 Å². The summed E-state index contributed by atoms with van der Waals surface area (Å²) < 4.78 is 0. The summed E-state index contributed by atoms with van der Waals surface area (Å²) in [6, 6.07) is 2.55. The highest BCUT2D eigenvalue weighted by atomic mass is 35.5. The number of nitrogens with one attached hydrogen (secondary N) is 1. The van der Waals surface area contributed by atoms with E-state index < -0.39 is 0 Å². The minimum Gasteiger partial charge on any atom is -0.354 e. The standard InChI is InChI=1S/C14H24ClN3/c1-5-7-18(11(3)4)14-8-12(9-16-6-2)13(15)10-17-14/h8,10-11,16H,5-7,9H2,1-4H3. The highest BCUT2D eigenvalue weighted by Crippen LogP contribution is 2.22. The molecule has 1 rings (SSSR count). The van der Waals surface area contributed by atoms with Gasteiger partial charge in [-0.1, -0.05) is 25.4 Å². The van der Waals surface area contributed by atoms with Crippen molar-refractivity contribution in [1.82, 2.24) is 10.3 Å². The Bertz CT molecular complexity index is 366. The van der Waals surface area contributed by atoms with Gasteiger partial charge in [-0.2, -0.15) is 0 Å². The van der Waals surface area contributed by atoms with Gasteiger partial charge in [0.15, 0.2) is 0 Å². The Morgan fingerprint density at radius 3 is 2.67 bits per heavy atom. The molecule has 0 unspecified atom stereocenters. The minimum absolute atomic E-state index is 0.450. The number of anilines is 1. The summed E-state index contributed by atoms with van der Waals surface area (Å²) in [7, 11) is 0. The third-order valence-corrected chi connectivity index (χ3v) is 3.21. The van der Waals surface area contributed by atoms with Crippen molar-refractivity contribution in [1.29, 1.82) is 0 Å². The first-order valence-corrected chi connectivity index (χ1v) is 7.09. The quantitative estimate of drug-likeness (QED) is 0.822. The molecule has 0 amide bonds. The maximum absolute atomic E-state index is 6.17. The molecule has 0 fully saturated rings. The number of halogens is 1. The average molecular weight is 270 g/mol. The molecule has 0 bridgehead atoms. The lowest BCUT2D eigenvalue weighted by atomic mass is 10.2. The second kappa shape index (κ2) is 7.59. The molecule has 3 nitrogen and oxygen atoms in total. The van der Waals surface area contributed by atoms with Gasteiger partial charge in [-0.15, -0.1) is 0 Å². The van der Waals surface area contributed by atoms with Crippen LogP contribution < -0.4 is 10.2 Å². The number of rotatable bonds is 7. The molecule has 1 heterocycles. The fourth-order valence-corrected chi connectivity index (χ4v) is 2.07. The number of aromatic nitrogens is 1. The number of hydrogen-bond acceptors (Lipinski definition) is 3. The van der Waals surface area contributed by atoms with E-state index >= 15 is 0 Å². The predicted molar refractivity (Wildman–Crippen MR) is 79.4 cm³/mol. The smallest absolute Gasteiger partial charge is 0.129 e. The maximum atomic E-state index is 6.17. The average Bonchev–Trinajstić information content (AvgIpc) is 2.35. The molecule has 0 aliphatic carbocycles. The van der Waals surface area contributed by atoms with Crippen molar-refractivity contribution < 1.29 is 0 Å². The van der Waals surface area contributed by atoms with Crippen LogP contribution in [-0.2, 0) is 6.54 Å². The molecule has 0 atom stereocenters. The molecule has 0 saturated heterocycles. The van der Waals surface area contributed by atoms with Crippen LogP contribution in [0.15, 0.2) is 12.3 Å². The molecular formula is C14H24ClN3. The van der Waals surface area contributed by atoms with Crippen LogP contribution in [0.5, 0.6) is 0 Å². The second-order valence-electron chi connectivity index (χ2n) is 4.70. The van der Waals surface area contributed by atoms with E-state index in [4.69, 9.17) is 11.6 Å². The summed E-state index contributed by atoms with van der Waals surface area (Å²) in [6.07, 6.45) is 2.87. The van der Waals surface area contributed by atoms with E-state index in [9.17, 15) is 0 Å². The zero-order valence-corrected chi connectivity index (χ0v) is 12.6. The summed E-state index contributed by atoms with van der Waals surface area (Å²) in [5.74, 6) is 1.02. The molecule has 1 N–H and O–H groups in total. The monoisotopic (exact) mass is 269 g/mol. The summed E-state index contributed by atoms with van der Waals surface area (Å²) in [5.41, 5.74) is 1.12. The van der Waals surface area contributed by atoms with Crippen LogP contribution in [0.4, 0.5) is 5.82 Å². The van der Waals surface area contributed by atoms with Crippen LogP contribution in [0.1, 0.15) is 39.7 Å². The molecule has 0 aliphatic heterocycles. The van der Waals surface area contributed by atoms with Gasteiger partial charge in [0.2, 0.25) is 0 Å². The SMILES string of the molecule is CCCN(c1cc(CNCC)c(Cl)cn1)C(C)C. The van der Waals surface area contributed by atoms with Gasteiger partial charge in [0.1, 0.15) is 5.82 Å². The highest BCUT2D eigenvalue weighted by Gasteiger charge is 2.12. The van der Waals surface area contributed by atoms with Gasteiger partial charge in [0.05, 0.1) is 5.02 Å². The van der Waals surface area contributed by atoms with E-state index in [1.54, 1.807) is 6.20 Å². The zero-order valence-electron chi connectivity index (χ0n) is 11.8. The molecule has 102 valence electrons. The largest absolute Gasteiger partial charge is 0.354 e. The first-order valence-electron chi connectivity index (χ1n) is 6.71. The van der Waals surface area contributed by atoms with E-state index in [-0.39, 0.29) is 0 Å². The summed E-state index contributed by atoms with van der Waals surface area (Å²) in [5, 5.41) is 4.04. The van der Waals surface area contributed by atoms with E-state index in [1.807, 2.05) is 0 Å². The van der Waals surface area contributed by atoms with Gasteiger partial charge in [0, 0.05) is 25.3 Å². The number of pyridine rings is 1. The van der Waals surface area contributed by atoms with Crippen LogP contribution in [-0.4, -0.2) is 24.1 Å². The predicted octanol–water partition coefficient (Wildman–Crippen LogP) is 3.47. The van der Waals surface area contributed by atoms with Crippen LogP contribution >= 0.6 is 11.6 Å². The molecular weight excluding hydrogens is 246 g/mol. The second-order valence-corrected chi connectivity index (χ2v) is 5.11. The normalized spacial score (nSPS) is 11.0. The van der Waals surface area contributed by atoms with Crippen LogP contribution in [0.2, 0.25) is 5.02 Å². The lowest BCUT2D eigenvalue weighted by molar-refractivity contribution is 0.660. The van der Waals surface area contributed by atoms with Crippen molar-refractivity contribution in [2.45, 2.75) is 46.7 Å². The van der Waals surface area contributed by atoms with Gasteiger partial charge >= 0.3 is 0 Å². The molecule has 1 aromatic heterocycles. The van der Waals surface area contributed by atoms with Gasteiger partial charge < -0.3 is 10.2 Å². The Balaban J connectivity index is 2.93. The van der Waals surface area contributed by atoms with Crippen LogP contribution in [0, 0.1) is 0 Å². The summed E-state index contributed by atoms with van der Waals surface area (Å²) >= 11 is 6.17. The van der Waals surface area contributed by atoms with Crippen molar-refractivity contribution in [2.24, 2.45) is 0 Å². The summed E-state index contributed by atoms with van der Waals surface area (Å²) in [6.45, 7) is 11.4. The van der Waals surface area contributed by atoms with E-state index in [1.165, 1.54) is 0 Å². The topological polar surface area (TPSA) is 28.2 Å². The van der Waals surface area contributed by atoms with E-state index in [0.29, 0.717) is 6.04 Å². The molecule has 0 aromatic carbocycles. The molecule has 0 saturated carbocycles. The molecule has 1 aromatic rings. The van der Waals surface area contributed by atoms with Crippen molar-refractivity contribution in [2.75, 3.05) is 18.0 Å². The van der Waals surface area contributed by atoms with Gasteiger partial charge in [-0.3, -0.25) is 0 Å². The Labute approximate surface area is 116 Å². The van der Waals surface area contributed by atoms with E-state index in [0.717, 1.165) is 42.5 Å². The van der Waals surface area contributed by atoms with Gasteiger partial charge in [-0.25, -0.2) is 4.98 Å². The van der Waals surface area contributed by atoms with Gasteiger partial charge in [-0.05, 0) is 38.4 Å². The Morgan fingerprint density at radius 1 is 1.39 bits per heavy atom. The lowest BCUT2D eigenvalue weighted by Crippen LogP contribution is -2.32. The third kappa shape index (κ3) is 4.14. The Hall–Kier alpha value is -0.800. The van der Waals surface area contributed by atoms with Crippen LogP contribution in [0.25, 0.3) is 0 Å². The molecule has 4 heteroatoms. The van der Waals surface area contributed by atoms with Crippen molar-refractivity contribution in [3.63, 3.8) is 0 Å². The first kappa shape index (κ1) is 15.3. The first-order chi connectivity index (χ1) is 8.60. The third-order valence-electron chi connectivity index (χ3n) is 2.87. The summed E-state index contributed by atoms with van der Waals surface area (Å²) in [4.78, 5) is 6.76. The Morgan fingerprint density at radius 2 is 2.11 bits per heavy atom. The highest BCUT2D eigenvalue weighted by molar-refractivity contribution is 6.31. The zero-order chi connectivity index (χ0) is 13.5. The fraction of sp³-hybridized carbons (Fsp3) is 0.643. The molecule has 0 radical (unpaired) electrons. The maximum Gasteiger partial charge on any atom is 0.129 e. The lowest BCUT2D eigenvalue weighted by Gasteiger charge is -2.28. The Kier molecular flexibility index (Phi) is 6.44. The van der Waals surface area contributed by atoms with Crippen molar-refractivity contribution in [3.05, 3.63) is 22.8 Å². The van der Waals surface area contributed by atoms with Crippen molar-refractivity contribution in [3.8, 4) is 0 Å². The van der Waals surface area contributed by atoms with Gasteiger partial charge in [0.25, 0.3) is 0 Å².